The first-order chi connectivity index (χ1) is 15.5. The molecule has 3 aliphatic rings. The fraction of sp³-hybridized carbons (Fsp3) is 0.667. The number of phosphoric acid groups is 1. The minimum Gasteiger partial charge on any atom is -0.391 e. The van der Waals surface area contributed by atoms with E-state index in [1.807, 2.05) is 0 Å². The van der Waals surface area contributed by atoms with Crippen molar-refractivity contribution in [3.63, 3.8) is 0 Å². The van der Waals surface area contributed by atoms with Crippen LogP contribution < -0.4 is 5.32 Å². The lowest BCUT2D eigenvalue weighted by atomic mass is 10.1. The van der Waals surface area contributed by atoms with Crippen molar-refractivity contribution in [1.29, 1.82) is 0 Å². The van der Waals surface area contributed by atoms with Crippen LogP contribution in [0.5, 0.6) is 0 Å². The smallest absolute Gasteiger partial charge is 0.391 e. The maximum atomic E-state index is 12.1. The Balaban J connectivity index is 1.40. The Morgan fingerprint density at radius 2 is 2.12 bits per heavy atom. The normalized spacial score (nSPS) is 36.7. The summed E-state index contributed by atoms with van der Waals surface area (Å²) < 4.78 is 39.2. The van der Waals surface area contributed by atoms with Crippen LogP contribution in [-0.2, 0) is 31.9 Å². The molecule has 2 aliphatic heterocycles. The Morgan fingerprint density at radius 1 is 1.28 bits per heavy atom. The second kappa shape index (κ2) is 9.08. The summed E-state index contributed by atoms with van der Waals surface area (Å²) in [6.45, 7) is -0.136. The van der Waals surface area contributed by atoms with Crippen LogP contribution in [0.25, 0.3) is 11.2 Å². The topological polar surface area (TPSA) is 189 Å². The molecule has 0 bridgehead atoms. The van der Waals surface area contributed by atoms with E-state index in [-0.39, 0.29) is 12.6 Å². The minimum atomic E-state index is -4.28. The van der Waals surface area contributed by atoms with Crippen molar-refractivity contribution in [2.45, 2.75) is 55.9 Å². The summed E-state index contributed by atoms with van der Waals surface area (Å²) >= 11 is 0.344. The van der Waals surface area contributed by atoms with E-state index in [0.29, 0.717) is 29.3 Å². The van der Waals surface area contributed by atoms with Gasteiger partial charge in [-0.25, -0.2) is 24.8 Å². The van der Waals surface area contributed by atoms with Gasteiger partial charge in [0.25, 0.3) is 0 Å². The van der Waals surface area contributed by atoms with Crippen LogP contribution >= 0.6 is 20.1 Å². The van der Waals surface area contributed by atoms with Gasteiger partial charge >= 0.3 is 7.82 Å². The summed E-state index contributed by atoms with van der Waals surface area (Å²) in [4.78, 5) is 22.7. The van der Waals surface area contributed by atoms with E-state index >= 15 is 0 Å². The van der Waals surface area contributed by atoms with E-state index in [9.17, 15) is 14.6 Å². The molecule has 15 nitrogen and oxygen atoms in total. The van der Waals surface area contributed by atoms with Crippen molar-refractivity contribution in [1.82, 2.24) is 19.5 Å². The first-order valence-corrected chi connectivity index (χ1v) is 11.9. The molecule has 1 aliphatic carbocycles. The predicted molar refractivity (Wildman–Crippen MR) is 104 cm³/mol. The quantitative estimate of drug-likeness (QED) is 0.133. The van der Waals surface area contributed by atoms with Gasteiger partial charge in [-0.3, -0.25) is 17.8 Å². The average molecular weight is 493 g/mol. The number of ether oxygens (including phenoxy) is 1. The molecule has 4 N–H and O–H groups in total. The molecule has 2 saturated heterocycles. The van der Waals surface area contributed by atoms with Gasteiger partial charge in [0.05, 0.1) is 25.1 Å². The molecule has 2 aromatic rings. The fourth-order valence-corrected chi connectivity index (χ4v) is 5.59. The van der Waals surface area contributed by atoms with Crippen molar-refractivity contribution in [3.05, 3.63) is 12.7 Å². The SMILES string of the molecule is O=P1(O)O[C@@H]2[C@H](O1)[C@@H](COSOOO)O[C@H]2n1cnc2c(N[C@@H]3CCC[C@@H]3O)ncnc21. The van der Waals surface area contributed by atoms with Gasteiger partial charge in [0.15, 0.2) is 35.5 Å². The number of phosphoric ester groups is 1. The molecule has 7 atom stereocenters. The molecule has 1 saturated carbocycles. The summed E-state index contributed by atoms with van der Waals surface area (Å²) in [7, 11) is -4.28. The standard InChI is InChI=1S/C15H20N5O10PS/c21-8-3-1-2-7(8)19-13-10-14(17-5-16-13)20(6-18-10)15-12-11(27-31(23,24)28-12)9(26-15)4-25-32-30-29-22/h5-9,11-12,15,21-22H,1-4H2,(H,23,24)(H,16,17,19)/t7-,8+,9-,11-,12-,15-/m1/s1. The number of rotatable bonds is 8. The Bertz CT molecular complexity index is 1010. The monoisotopic (exact) mass is 493 g/mol. The molecule has 3 fully saturated rings. The van der Waals surface area contributed by atoms with Crippen molar-refractivity contribution < 1.29 is 47.2 Å². The second-order valence-corrected chi connectivity index (χ2v) is 9.33. The predicted octanol–water partition coefficient (Wildman–Crippen LogP) is 0.934. The number of aliphatic hydroxyl groups excluding tert-OH is 1. The van der Waals surface area contributed by atoms with Crippen LogP contribution in [0.15, 0.2) is 12.7 Å². The number of hydrogen-bond acceptors (Lipinski definition) is 14. The van der Waals surface area contributed by atoms with E-state index in [1.54, 1.807) is 4.57 Å². The zero-order chi connectivity index (χ0) is 22.3. The number of aliphatic hydroxyl groups is 1. The molecule has 0 aromatic carbocycles. The van der Waals surface area contributed by atoms with Crippen LogP contribution in [0, 0.1) is 0 Å². The first kappa shape index (κ1) is 22.4. The van der Waals surface area contributed by atoms with Crippen molar-refractivity contribution >= 4 is 37.1 Å². The van der Waals surface area contributed by atoms with E-state index in [2.05, 4.69) is 29.6 Å². The van der Waals surface area contributed by atoms with E-state index in [4.69, 9.17) is 23.2 Å². The van der Waals surface area contributed by atoms with Crippen LogP contribution in [0.1, 0.15) is 25.5 Å². The third-order valence-corrected chi connectivity index (χ3v) is 6.94. The molecule has 32 heavy (non-hydrogen) atoms. The van der Waals surface area contributed by atoms with Crippen LogP contribution in [0.4, 0.5) is 5.82 Å². The lowest BCUT2D eigenvalue weighted by Crippen LogP contribution is -2.31. The van der Waals surface area contributed by atoms with Gasteiger partial charge in [0.1, 0.15) is 24.6 Å². The number of nitrogens with one attached hydrogen (secondary N) is 1. The average Bonchev–Trinajstić information content (AvgIpc) is 3.50. The van der Waals surface area contributed by atoms with Gasteiger partial charge in [-0.15, -0.1) is 4.33 Å². The molecule has 176 valence electrons. The number of imidazole rings is 1. The van der Waals surface area contributed by atoms with Gasteiger partial charge in [-0.1, -0.05) is 5.04 Å². The molecule has 5 rings (SSSR count). The minimum absolute atomic E-state index is 0.136. The summed E-state index contributed by atoms with van der Waals surface area (Å²) in [6.07, 6.45) is 1.20. The number of aromatic nitrogens is 4. The molecular weight excluding hydrogens is 473 g/mol. The molecular formula is C15H20N5O10PS. The Labute approximate surface area is 184 Å². The van der Waals surface area contributed by atoms with Gasteiger partial charge in [-0.05, 0) is 19.3 Å². The highest BCUT2D eigenvalue weighted by Crippen LogP contribution is 2.58. The van der Waals surface area contributed by atoms with Gasteiger partial charge in [0.2, 0.25) is 0 Å². The molecule has 17 heteroatoms. The Morgan fingerprint density at radius 3 is 2.91 bits per heavy atom. The number of hydrogen-bond donors (Lipinski definition) is 4. The molecule has 4 heterocycles. The van der Waals surface area contributed by atoms with Crippen molar-refractivity contribution in [2.75, 3.05) is 11.9 Å². The number of fused-ring (bicyclic) bond motifs is 2. The molecule has 0 radical (unpaired) electrons. The number of anilines is 1. The molecule has 0 amide bonds. The summed E-state index contributed by atoms with van der Waals surface area (Å²) in [5.41, 5.74) is 0.844. The first-order valence-electron chi connectivity index (χ1n) is 9.70. The van der Waals surface area contributed by atoms with E-state index in [1.165, 1.54) is 12.7 Å². The maximum absolute atomic E-state index is 12.1. The Kier molecular flexibility index (Phi) is 6.34. The third kappa shape index (κ3) is 4.24. The van der Waals surface area contributed by atoms with E-state index < -0.39 is 38.5 Å². The van der Waals surface area contributed by atoms with Gasteiger partial charge < -0.3 is 20.1 Å². The van der Waals surface area contributed by atoms with Crippen LogP contribution in [-0.4, -0.2) is 71.8 Å². The van der Waals surface area contributed by atoms with Gasteiger partial charge in [0, 0.05) is 0 Å². The largest absolute Gasteiger partial charge is 0.473 e. The third-order valence-electron chi connectivity index (χ3n) is 5.57. The maximum Gasteiger partial charge on any atom is 0.473 e. The summed E-state index contributed by atoms with van der Waals surface area (Å²) in [5, 5.41) is 24.9. The zero-order valence-corrected chi connectivity index (χ0v) is 18.0. The van der Waals surface area contributed by atoms with Crippen molar-refractivity contribution in [3.8, 4) is 0 Å². The molecule has 2 aromatic heterocycles. The fourth-order valence-electron chi connectivity index (χ4n) is 4.19. The number of nitrogens with zero attached hydrogens (tertiary/aromatic N) is 4. The van der Waals surface area contributed by atoms with Crippen molar-refractivity contribution in [2.24, 2.45) is 0 Å². The highest BCUT2D eigenvalue weighted by atomic mass is 32.2. The lowest BCUT2D eigenvalue weighted by Gasteiger charge is -2.19. The van der Waals surface area contributed by atoms with Gasteiger partial charge in [-0.2, -0.15) is 0 Å². The van der Waals surface area contributed by atoms with Crippen LogP contribution in [0.2, 0.25) is 0 Å². The highest BCUT2D eigenvalue weighted by Gasteiger charge is 2.58. The highest BCUT2D eigenvalue weighted by molar-refractivity contribution is 7.89. The zero-order valence-electron chi connectivity index (χ0n) is 16.3. The second-order valence-electron chi connectivity index (χ2n) is 7.46. The lowest BCUT2D eigenvalue weighted by molar-refractivity contribution is -0.434. The van der Waals surface area contributed by atoms with Crippen LogP contribution in [0.3, 0.4) is 0 Å². The molecule has 0 spiro atoms. The summed E-state index contributed by atoms with van der Waals surface area (Å²) in [6, 6.07) is -0.138. The Hall–Kier alpha value is -1.43. The van der Waals surface area contributed by atoms with E-state index in [0.717, 1.165) is 19.3 Å². The molecule has 1 unspecified atom stereocenters. The summed E-state index contributed by atoms with van der Waals surface area (Å²) in [5.74, 6) is 0.461.